The van der Waals surface area contributed by atoms with Crippen molar-refractivity contribution in [2.45, 2.75) is 0 Å². The van der Waals surface area contributed by atoms with Gasteiger partial charge in [0.25, 0.3) is 0 Å². The maximum absolute atomic E-state index is 9.99. The molecule has 0 aliphatic rings. The van der Waals surface area contributed by atoms with E-state index in [1.807, 2.05) is 0 Å². The molecule has 0 rings (SSSR count). The fourth-order valence-corrected chi connectivity index (χ4v) is 0. The van der Waals surface area contributed by atoms with Gasteiger partial charge >= 0.3 is 45.1 Å². The molecule has 0 saturated heterocycles. The van der Waals surface area contributed by atoms with Crippen LogP contribution in [-0.2, 0) is 13.4 Å². The molecule has 0 amide bonds. The summed E-state index contributed by atoms with van der Waals surface area (Å²) in [6, 6.07) is 0. The van der Waals surface area contributed by atoms with Crippen molar-refractivity contribution in [1.29, 1.82) is 0 Å². The van der Waals surface area contributed by atoms with Gasteiger partial charge in [-0.3, -0.25) is 12.3 Å². The molecule has 0 bridgehead atoms. The van der Waals surface area contributed by atoms with E-state index in [1.54, 1.807) is 0 Å². The fraction of sp³-hybridized carbons (Fsp3) is 0. The van der Waals surface area contributed by atoms with E-state index in [-0.39, 0.29) is 17.4 Å². The SMILES string of the molecule is O=[Si]([O-])F.O=[Si]([O-])F.O=[Si]([O-])F.[Al+3]. The Balaban J connectivity index is -0.0000000450. The second-order valence-corrected chi connectivity index (χ2v) is 2.14. The van der Waals surface area contributed by atoms with E-state index in [1.165, 1.54) is 0 Å². The van der Waals surface area contributed by atoms with E-state index in [0.717, 1.165) is 0 Å². The van der Waals surface area contributed by atoms with Gasteiger partial charge in [-0.15, -0.1) is 0 Å². The molecule has 0 aromatic carbocycles. The minimum atomic E-state index is -3.88. The Kier molecular flexibility index (Phi) is 31.4. The molecule has 0 unspecified atom stereocenters. The Morgan fingerprint density at radius 3 is 0.692 bits per heavy atom. The second kappa shape index (κ2) is 17.8. The number of halogens is 3. The summed E-state index contributed by atoms with van der Waals surface area (Å²) >= 11 is 0. The third-order valence-corrected chi connectivity index (χ3v) is 0. The van der Waals surface area contributed by atoms with Crippen molar-refractivity contribution in [2.75, 3.05) is 0 Å². The summed E-state index contributed by atoms with van der Waals surface area (Å²) in [4.78, 5) is 25.2. The van der Waals surface area contributed by atoms with Crippen molar-refractivity contribution >= 4 is 45.1 Å². The third-order valence-electron chi connectivity index (χ3n) is 0. The van der Waals surface area contributed by atoms with Gasteiger partial charge in [0.2, 0.25) is 0 Å². The van der Waals surface area contributed by atoms with Crippen molar-refractivity contribution in [3.05, 3.63) is 0 Å². The maximum atomic E-state index is 9.99. The van der Waals surface area contributed by atoms with Crippen LogP contribution < -0.4 is 14.4 Å². The molecular weight excluding hydrogens is 264 g/mol. The van der Waals surface area contributed by atoms with Gasteiger partial charge in [-0.2, -0.15) is 0 Å². The minimum Gasteiger partial charge on any atom is -0.560 e. The molecule has 0 fully saturated rings. The predicted molar refractivity (Wildman–Crippen MR) is 28.4 cm³/mol. The second-order valence-electron chi connectivity index (χ2n) is 0.713. The quantitative estimate of drug-likeness (QED) is 0.323. The summed E-state index contributed by atoms with van der Waals surface area (Å²) < 4.78 is 55.2. The van der Waals surface area contributed by atoms with E-state index in [4.69, 9.17) is 27.8 Å². The van der Waals surface area contributed by atoms with Crippen LogP contribution >= 0.6 is 0 Å². The molecule has 72 valence electrons. The smallest absolute Gasteiger partial charge is 0.560 e. The third kappa shape index (κ3) is 21800. The van der Waals surface area contributed by atoms with Crippen LogP contribution in [-0.4, -0.2) is 45.1 Å². The van der Waals surface area contributed by atoms with Gasteiger partial charge in [-0.25, -0.2) is 0 Å². The zero-order valence-corrected chi connectivity index (χ0v) is 9.82. The zero-order chi connectivity index (χ0) is 10.7. The van der Waals surface area contributed by atoms with Crippen LogP contribution in [0.15, 0.2) is 0 Å². The van der Waals surface area contributed by atoms with Gasteiger partial charge in [0.1, 0.15) is 0 Å². The molecule has 13 heavy (non-hydrogen) atoms. The fourth-order valence-electron chi connectivity index (χ4n) is 0. The Bertz CT molecular complexity index is 121. The first-order valence-electron chi connectivity index (χ1n) is 1.79. The van der Waals surface area contributed by atoms with Crippen LogP contribution in [0, 0.1) is 0 Å². The molecule has 0 heterocycles. The largest absolute Gasteiger partial charge is 3.00 e. The predicted octanol–water partition coefficient (Wildman–Crippen LogP) is -4.19. The normalized spacial score (nSPS) is 5.77. The van der Waals surface area contributed by atoms with Crippen LogP contribution in [0.4, 0.5) is 12.3 Å². The van der Waals surface area contributed by atoms with E-state index < -0.39 is 27.8 Å². The molecule has 0 spiro atoms. The summed E-state index contributed by atoms with van der Waals surface area (Å²) in [5, 5.41) is 0. The van der Waals surface area contributed by atoms with Crippen LogP contribution in [0.2, 0.25) is 0 Å². The van der Waals surface area contributed by atoms with Crippen molar-refractivity contribution in [2.24, 2.45) is 0 Å². The van der Waals surface area contributed by atoms with Gasteiger partial charge in [-0.05, 0) is 0 Å². The Labute approximate surface area is 85.6 Å². The summed E-state index contributed by atoms with van der Waals surface area (Å²) in [7, 11) is -11.6. The van der Waals surface area contributed by atoms with E-state index in [2.05, 4.69) is 0 Å². The van der Waals surface area contributed by atoms with Crippen molar-refractivity contribution in [3.8, 4) is 0 Å². The first-order valence-corrected chi connectivity index (χ1v) is 5.38. The first-order chi connectivity index (χ1) is 5.20. The molecule has 0 N–H and O–H groups in total. The molecule has 13 heteroatoms. The van der Waals surface area contributed by atoms with Crippen LogP contribution in [0.5, 0.6) is 0 Å². The molecular formula is AlF3O6Si3. The van der Waals surface area contributed by atoms with Crippen LogP contribution in [0.3, 0.4) is 0 Å². The average molecular weight is 264 g/mol. The van der Waals surface area contributed by atoms with Gasteiger partial charge in [-0.1, -0.05) is 0 Å². The van der Waals surface area contributed by atoms with E-state index in [0.29, 0.717) is 0 Å². The maximum Gasteiger partial charge on any atom is 3.00 e. The van der Waals surface area contributed by atoms with Gasteiger partial charge < -0.3 is 27.8 Å². The van der Waals surface area contributed by atoms with E-state index in [9.17, 15) is 12.3 Å². The molecule has 0 radical (unpaired) electrons. The van der Waals surface area contributed by atoms with Crippen molar-refractivity contribution in [3.63, 3.8) is 0 Å². The minimum absolute atomic E-state index is 0. The summed E-state index contributed by atoms with van der Waals surface area (Å²) in [5.74, 6) is 0. The number of hydrogen-bond acceptors (Lipinski definition) is 6. The van der Waals surface area contributed by atoms with Crippen LogP contribution in [0.1, 0.15) is 0 Å². The van der Waals surface area contributed by atoms with Gasteiger partial charge in [0, 0.05) is 0 Å². The standard InChI is InChI=1S/Al.3FO2Si/c;3*1-4(2)3/q+3;3*-1. The topological polar surface area (TPSA) is 120 Å². The zero-order valence-electron chi connectivity index (χ0n) is 5.66. The molecule has 0 atom stereocenters. The van der Waals surface area contributed by atoms with Gasteiger partial charge in [0.05, 0.1) is 0 Å². The Morgan fingerprint density at radius 1 is 0.692 bits per heavy atom. The molecule has 0 aromatic rings. The number of hydrogen-bond donors (Lipinski definition) is 0. The van der Waals surface area contributed by atoms with Crippen molar-refractivity contribution < 1.29 is 40.1 Å². The number of rotatable bonds is 0. The van der Waals surface area contributed by atoms with Crippen LogP contribution in [0.25, 0.3) is 0 Å². The first kappa shape index (κ1) is 23.0. The summed E-state index contributed by atoms with van der Waals surface area (Å²) in [5.41, 5.74) is 0. The molecule has 0 saturated carbocycles. The Hall–Kier alpha value is -0.227. The van der Waals surface area contributed by atoms with Crippen molar-refractivity contribution in [1.82, 2.24) is 0 Å². The Morgan fingerprint density at radius 2 is 0.692 bits per heavy atom. The summed E-state index contributed by atoms with van der Waals surface area (Å²) in [6.07, 6.45) is 0. The van der Waals surface area contributed by atoms with E-state index >= 15 is 0 Å². The molecule has 6 nitrogen and oxygen atoms in total. The monoisotopic (exact) mass is 264 g/mol. The molecule has 0 aliphatic carbocycles. The molecule has 0 aromatic heterocycles. The summed E-state index contributed by atoms with van der Waals surface area (Å²) in [6.45, 7) is 0. The molecule has 0 aliphatic heterocycles. The van der Waals surface area contributed by atoms with Gasteiger partial charge in [0.15, 0.2) is 0 Å². The average Bonchev–Trinajstić information content (AvgIpc) is 1.54.